The van der Waals surface area contributed by atoms with Crippen molar-refractivity contribution in [1.29, 1.82) is 0 Å². The van der Waals surface area contributed by atoms with E-state index < -0.39 is 11.5 Å². The quantitative estimate of drug-likeness (QED) is 0.643. The van der Waals surface area contributed by atoms with E-state index in [0.717, 1.165) is 0 Å². The van der Waals surface area contributed by atoms with Crippen LogP contribution in [0.15, 0.2) is 53.3 Å². The maximum Gasteiger partial charge on any atom is 0.305 e. The number of aromatic nitrogens is 1. The standard InChI is InChI=1S/C22H24N2O4/c1-14(2)22(3,12-20(26)27)23-19(25)13-24-17-10-6-4-8-15(17)21(28)16-9-5-7-11-18(16)24/h4-11,14H,12-13H2,1-3H3,(H,23,25)(H,26,27). The molecule has 3 aromatic rings. The van der Waals surface area contributed by atoms with Crippen molar-refractivity contribution in [3.05, 3.63) is 58.8 Å². The number of hydrogen-bond donors (Lipinski definition) is 2. The number of nitrogens with one attached hydrogen (secondary N) is 1. The molecule has 0 aliphatic heterocycles. The molecule has 0 aliphatic rings. The summed E-state index contributed by atoms with van der Waals surface area (Å²) >= 11 is 0. The van der Waals surface area contributed by atoms with Crippen molar-refractivity contribution >= 4 is 33.7 Å². The number of fused-ring (bicyclic) bond motifs is 2. The number of benzene rings is 2. The highest BCUT2D eigenvalue weighted by Crippen LogP contribution is 2.22. The number of pyridine rings is 1. The van der Waals surface area contributed by atoms with Gasteiger partial charge in [-0.15, -0.1) is 0 Å². The molecule has 1 aromatic heterocycles. The molecule has 6 nitrogen and oxygen atoms in total. The van der Waals surface area contributed by atoms with Gasteiger partial charge < -0.3 is 15.0 Å². The fraction of sp³-hybridized carbons (Fsp3) is 0.318. The Morgan fingerprint density at radius 2 is 1.54 bits per heavy atom. The number of carbonyl (C=O) groups excluding carboxylic acids is 1. The molecule has 146 valence electrons. The van der Waals surface area contributed by atoms with Gasteiger partial charge in [0.05, 0.1) is 23.0 Å². The predicted molar refractivity (Wildman–Crippen MR) is 109 cm³/mol. The molecule has 28 heavy (non-hydrogen) atoms. The Morgan fingerprint density at radius 1 is 1.04 bits per heavy atom. The van der Waals surface area contributed by atoms with E-state index in [2.05, 4.69) is 5.32 Å². The number of aliphatic carboxylic acids is 1. The highest BCUT2D eigenvalue weighted by atomic mass is 16.4. The second-order valence-electron chi connectivity index (χ2n) is 7.64. The molecular weight excluding hydrogens is 356 g/mol. The minimum atomic E-state index is -0.962. The number of rotatable bonds is 6. The van der Waals surface area contributed by atoms with Crippen LogP contribution < -0.4 is 10.7 Å². The normalized spacial score (nSPS) is 13.6. The average Bonchev–Trinajstić information content (AvgIpc) is 2.64. The minimum absolute atomic E-state index is 0.0107. The molecule has 0 saturated heterocycles. The molecule has 0 fully saturated rings. The summed E-state index contributed by atoms with van der Waals surface area (Å²) in [4.78, 5) is 36.9. The van der Waals surface area contributed by atoms with Gasteiger partial charge in [0, 0.05) is 10.8 Å². The number of nitrogens with zero attached hydrogens (tertiary/aromatic N) is 1. The van der Waals surface area contributed by atoms with Gasteiger partial charge in [-0.25, -0.2) is 0 Å². The second-order valence-corrected chi connectivity index (χ2v) is 7.64. The molecule has 6 heteroatoms. The number of carboxylic acid groups (broad SMARTS) is 1. The molecule has 1 heterocycles. The van der Waals surface area contributed by atoms with Crippen LogP contribution in [0.25, 0.3) is 21.8 Å². The first kappa shape index (κ1) is 19.6. The highest BCUT2D eigenvalue weighted by Gasteiger charge is 2.33. The number of amides is 1. The van der Waals surface area contributed by atoms with Crippen LogP contribution in [0.1, 0.15) is 27.2 Å². The largest absolute Gasteiger partial charge is 0.481 e. The number of carboxylic acids is 1. The van der Waals surface area contributed by atoms with E-state index in [1.54, 1.807) is 31.2 Å². The molecule has 2 aromatic carbocycles. The Hall–Kier alpha value is -3.15. The zero-order valence-corrected chi connectivity index (χ0v) is 16.2. The van der Waals surface area contributed by atoms with Gasteiger partial charge in [0.2, 0.25) is 5.91 Å². The summed E-state index contributed by atoms with van der Waals surface area (Å²) in [5.41, 5.74) is 0.408. The molecule has 1 unspecified atom stereocenters. The van der Waals surface area contributed by atoms with E-state index in [0.29, 0.717) is 21.8 Å². The van der Waals surface area contributed by atoms with Gasteiger partial charge in [0.15, 0.2) is 5.43 Å². The van der Waals surface area contributed by atoms with Crippen molar-refractivity contribution in [1.82, 2.24) is 9.88 Å². The lowest BCUT2D eigenvalue weighted by Gasteiger charge is -2.33. The van der Waals surface area contributed by atoms with Crippen molar-refractivity contribution in [3.8, 4) is 0 Å². The molecule has 1 atom stereocenters. The zero-order valence-electron chi connectivity index (χ0n) is 16.2. The lowest BCUT2D eigenvalue weighted by atomic mass is 9.85. The molecule has 0 radical (unpaired) electrons. The van der Waals surface area contributed by atoms with E-state index in [4.69, 9.17) is 0 Å². The van der Waals surface area contributed by atoms with Crippen LogP contribution in [-0.4, -0.2) is 27.1 Å². The molecule has 1 amide bonds. The Balaban J connectivity index is 2.06. The minimum Gasteiger partial charge on any atom is -0.481 e. The SMILES string of the molecule is CC(C)C(C)(CC(=O)O)NC(=O)Cn1c2ccccc2c(=O)c2ccccc21. The zero-order chi connectivity index (χ0) is 20.5. The van der Waals surface area contributed by atoms with Crippen molar-refractivity contribution in [3.63, 3.8) is 0 Å². The maximum atomic E-state index is 12.9. The molecule has 2 N–H and O–H groups in total. The highest BCUT2D eigenvalue weighted by molar-refractivity contribution is 5.95. The number of carbonyl (C=O) groups is 2. The summed E-state index contributed by atoms with van der Waals surface area (Å²) in [6.07, 6.45) is -0.165. The van der Waals surface area contributed by atoms with Gasteiger partial charge in [-0.3, -0.25) is 14.4 Å². The summed E-state index contributed by atoms with van der Waals surface area (Å²) in [5.74, 6) is -1.32. The molecule has 0 saturated carbocycles. The fourth-order valence-corrected chi connectivity index (χ4v) is 3.46. The van der Waals surface area contributed by atoms with Crippen LogP contribution in [-0.2, 0) is 16.1 Å². The number of para-hydroxylation sites is 2. The van der Waals surface area contributed by atoms with Crippen LogP contribution in [0.5, 0.6) is 0 Å². The topological polar surface area (TPSA) is 88.4 Å². The van der Waals surface area contributed by atoms with Gasteiger partial charge >= 0.3 is 5.97 Å². The van der Waals surface area contributed by atoms with E-state index in [9.17, 15) is 19.5 Å². The summed E-state index contributed by atoms with van der Waals surface area (Å²) in [6.45, 7) is 5.50. The van der Waals surface area contributed by atoms with Gasteiger partial charge in [-0.2, -0.15) is 0 Å². The lowest BCUT2D eigenvalue weighted by Crippen LogP contribution is -2.52. The predicted octanol–water partition coefficient (Wildman–Crippen LogP) is 3.16. The smallest absolute Gasteiger partial charge is 0.305 e. The molecule has 3 rings (SSSR count). The third-order valence-electron chi connectivity index (χ3n) is 5.40. The van der Waals surface area contributed by atoms with Gasteiger partial charge in [0.25, 0.3) is 0 Å². The maximum absolute atomic E-state index is 12.9. The van der Waals surface area contributed by atoms with Gasteiger partial charge in [-0.1, -0.05) is 38.1 Å². The Bertz CT molecular complexity index is 1060. The summed E-state index contributed by atoms with van der Waals surface area (Å²) in [5, 5.41) is 13.2. The van der Waals surface area contributed by atoms with E-state index in [1.165, 1.54) is 0 Å². The molecule has 0 spiro atoms. The van der Waals surface area contributed by atoms with Crippen molar-refractivity contribution < 1.29 is 14.7 Å². The monoisotopic (exact) mass is 380 g/mol. The third kappa shape index (κ3) is 3.63. The van der Waals surface area contributed by atoms with E-state index in [-0.39, 0.29) is 30.2 Å². The molecule has 0 bridgehead atoms. The first-order chi connectivity index (χ1) is 13.2. The van der Waals surface area contributed by atoms with Crippen LogP contribution in [0.2, 0.25) is 0 Å². The van der Waals surface area contributed by atoms with Crippen LogP contribution in [0.3, 0.4) is 0 Å². The van der Waals surface area contributed by atoms with Crippen LogP contribution in [0.4, 0.5) is 0 Å². The summed E-state index contributed by atoms with van der Waals surface area (Å²) < 4.78 is 1.81. The Labute approximate surface area is 162 Å². The fourth-order valence-electron chi connectivity index (χ4n) is 3.46. The average molecular weight is 380 g/mol. The first-order valence-corrected chi connectivity index (χ1v) is 9.26. The summed E-state index contributed by atoms with van der Waals surface area (Å²) in [7, 11) is 0. The number of hydrogen-bond acceptors (Lipinski definition) is 3. The van der Waals surface area contributed by atoms with Crippen molar-refractivity contribution in [2.24, 2.45) is 5.92 Å². The Morgan fingerprint density at radius 3 is 2.00 bits per heavy atom. The first-order valence-electron chi connectivity index (χ1n) is 9.26. The third-order valence-corrected chi connectivity index (χ3v) is 5.40. The van der Waals surface area contributed by atoms with E-state index in [1.807, 2.05) is 42.7 Å². The van der Waals surface area contributed by atoms with Crippen molar-refractivity contribution in [2.75, 3.05) is 0 Å². The lowest BCUT2D eigenvalue weighted by molar-refractivity contribution is -0.139. The summed E-state index contributed by atoms with van der Waals surface area (Å²) in [6, 6.07) is 14.4. The van der Waals surface area contributed by atoms with Gasteiger partial charge in [0.1, 0.15) is 6.54 Å². The van der Waals surface area contributed by atoms with Gasteiger partial charge in [-0.05, 0) is 37.1 Å². The van der Waals surface area contributed by atoms with Crippen molar-refractivity contribution in [2.45, 2.75) is 39.3 Å². The Kier molecular flexibility index (Phi) is 5.23. The molecular formula is C22H24N2O4. The van der Waals surface area contributed by atoms with Crippen LogP contribution in [0, 0.1) is 5.92 Å². The van der Waals surface area contributed by atoms with E-state index >= 15 is 0 Å². The second kappa shape index (κ2) is 7.46. The molecule has 0 aliphatic carbocycles. The van der Waals surface area contributed by atoms with Crippen LogP contribution >= 0.6 is 0 Å².